The molecule has 0 aromatic heterocycles. The molecular formula is C20H24N2. The highest BCUT2D eigenvalue weighted by atomic mass is 15.0. The van der Waals surface area contributed by atoms with Crippen LogP contribution in [-0.4, -0.2) is 12.6 Å². The molecule has 0 radical (unpaired) electrons. The zero-order valence-corrected chi connectivity index (χ0v) is 13.0. The Morgan fingerprint density at radius 3 is 2.14 bits per heavy atom. The maximum Gasteiger partial charge on any atom is 0.0600 e. The smallest absolute Gasteiger partial charge is 0.0600 e. The number of nitrogens with one attached hydrogen (secondary N) is 1. The van der Waals surface area contributed by atoms with Gasteiger partial charge in [0.15, 0.2) is 0 Å². The van der Waals surface area contributed by atoms with Gasteiger partial charge in [-0.3, -0.25) is 0 Å². The molecule has 2 aromatic rings. The van der Waals surface area contributed by atoms with Crippen molar-refractivity contribution >= 4 is 0 Å². The number of fused-ring (bicyclic) bond motifs is 1. The Morgan fingerprint density at radius 2 is 1.55 bits per heavy atom. The summed E-state index contributed by atoms with van der Waals surface area (Å²) in [4.78, 5) is 0. The van der Waals surface area contributed by atoms with Gasteiger partial charge in [0.2, 0.25) is 0 Å². The van der Waals surface area contributed by atoms with E-state index >= 15 is 0 Å². The molecule has 2 unspecified atom stereocenters. The molecule has 1 heterocycles. The van der Waals surface area contributed by atoms with Crippen LogP contribution < -0.4 is 11.1 Å². The molecule has 3 N–H and O–H groups in total. The first-order valence-corrected chi connectivity index (χ1v) is 8.43. The third-order valence-corrected chi connectivity index (χ3v) is 5.64. The highest BCUT2D eigenvalue weighted by Crippen LogP contribution is 2.42. The van der Waals surface area contributed by atoms with E-state index in [2.05, 4.69) is 59.9 Å². The summed E-state index contributed by atoms with van der Waals surface area (Å²) in [5.41, 5.74) is 11.1. The average molecular weight is 292 g/mol. The number of hydrogen-bond acceptors (Lipinski definition) is 2. The normalized spacial score (nSPS) is 24.1. The molecule has 4 rings (SSSR count). The van der Waals surface area contributed by atoms with E-state index < -0.39 is 0 Å². The standard InChI is InChI=1S/C20H24N2/c21-20(19-11-6-12-22-19,17-9-2-1-3-10-17)18-13-15-7-4-5-8-16(15)14-18/h1-5,7-10,18-19,22H,6,11-14,21H2. The summed E-state index contributed by atoms with van der Waals surface area (Å²) in [5, 5.41) is 3.67. The molecule has 1 saturated heterocycles. The van der Waals surface area contributed by atoms with E-state index in [-0.39, 0.29) is 5.54 Å². The number of benzene rings is 2. The predicted molar refractivity (Wildman–Crippen MR) is 90.7 cm³/mol. The topological polar surface area (TPSA) is 38.0 Å². The molecule has 2 nitrogen and oxygen atoms in total. The molecule has 2 heteroatoms. The van der Waals surface area contributed by atoms with Crippen molar-refractivity contribution in [1.82, 2.24) is 5.32 Å². The molecular weight excluding hydrogens is 268 g/mol. The summed E-state index contributed by atoms with van der Waals surface area (Å²) in [6, 6.07) is 20.0. The van der Waals surface area contributed by atoms with Gasteiger partial charge in [-0.2, -0.15) is 0 Å². The van der Waals surface area contributed by atoms with Crippen LogP contribution in [0, 0.1) is 5.92 Å². The molecule has 0 amide bonds. The third kappa shape index (κ3) is 2.18. The van der Waals surface area contributed by atoms with E-state index in [0.717, 1.165) is 19.4 Å². The van der Waals surface area contributed by atoms with Crippen molar-refractivity contribution in [3.05, 3.63) is 71.3 Å². The lowest BCUT2D eigenvalue weighted by molar-refractivity contribution is 0.215. The molecule has 2 aliphatic rings. The van der Waals surface area contributed by atoms with Gasteiger partial charge in [0.1, 0.15) is 0 Å². The molecule has 22 heavy (non-hydrogen) atoms. The third-order valence-electron chi connectivity index (χ3n) is 5.64. The molecule has 1 aliphatic carbocycles. The lowest BCUT2D eigenvalue weighted by Crippen LogP contribution is -2.57. The zero-order chi connectivity index (χ0) is 15.0. The summed E-state index contributed by atoms with van der Waals surface area (Å²) in [5.74, 6) is 0.475. The Kier molecular flexibility index (Phi) is 3.51. The molecule has 114 valence electrons. The Bertz CT molecular complexity index is 621. The van der Waals surface area contributed by atoms with E-state index in [9.17, 15) is 0 Å². The maximum atomic E-state index is 7.15. The first-order valence-electron chi connectivity index (χ1n) is 8.43. The van der Waals surface area contributed by atoms with Crippen LogP contribution in [-0.2, 0) is 18.4 Å². The Hall–Kier alpha value is -1.64. The van der Waals surface area contributed by atoms with E-state index in [1.165, 1.54) is 29.5 Å². The van der Waals surface area contributed by atoms with Crippen LogP contribution in [0.15, 0.2) is 54.6 Å². The highest BCUT2D eigenvalue weighted by molar-refractivity contribution is 5.37. The van der Waals surface area contributed by atoms with E-state index in [1.54, 1.807) is 0 Å². The van der Waals surface area contributed by atoms with Crippen molar-refractivity contribution in [1.29, 1.82) is 0 Å². The van der Waals surface area contributed by atoms with Gasteiger partial charge in [-0.15, -0.1) is 0 Å². The Labute approximate surface area is 132 Å². The lowest BCUT2D eigenvalue weighted by Gasteiger charge is -2.41. The minimum Gasteiger partial charge on any atom is -0.320 e. The van der Waals surface area contributed by atoms with Crippen molar-refractivity contribution in [3.63, 3.8) is 0 Å². The summed E-state index contributed by atoms with van der Waals surface area (Å²) < 4.78 is 0. The van der Waals surface area contributed by atoms with Crippen LogP contribution in [0.5, 0.6) is 0 Å². The number of rotatable bonds is 3. The highest BCUT2D eigenvalue weighted by Gasteiger charge is 2.46. The molecule has 2 atom stereocenters. The Morgan fingerprint density at radius 1 is 0.909 bits per heavy atom. The van der Waals surface area contributed by atoms with Crippen molar-refractivity contribution in [2.75, 3.05) is 6.54 Å². The summed E-state index contributed by atoms with van der Waals surface area (Å²) in [6.07, 6.45) is 4.61. The summed E-state index contributed by atoms with van der Waals surface area (Å²) in [7, 11) is 0. The van der Waals surface area contributed by atoms with Gasteiger partial charge in [0.05, 0.1) is 5.54 Å². The zero-order valence-electron chi connectivity index (χ0n) is 13.0. The fourth-order valence-electron chi connectivity index (χ4n) is 4.44. The van der Waals surface area contributed by atoms with Gasteiger partial charge < -0.3 is 11.1 Å². The minimum atomic E-state index is -0.281. The van der Waals surface area contributed by atoms with Gasteiger partial charge >= 0.3 is 0 Å². The molecule has 0 saturated carbocycles. The quantitative estimate of drug-likeness (QED) is 0.912. The van der Waals surface area contributed by atoms with Gasteiger partial charge in [0.25, 0.3) is 0 Å². The van der Waals surface area contributed by atoms with E-state index in [1.807, 2.05) is 0 Å². The predicted octanol–water partition coefficient (Wildman–Crippen LogP) is 3.01. The van der Waals surface area contributed by atoms with Crippen molar-refractivity contribution in [2.24, 2.45) is 11.7 Å². The monoisotopic (exact) mass is 292 g/mol. The summed E-state index contributed by atoms with van der Waals surface area (Å²) >= 11 is 0. The van der Waals surface area contributed by atoms with Crippen molar-refractivity contribution < 1.29 is 0 Å². The first kappa shape index (κ1) is 14.0. The molecule has 2 aromatic carbocycles. The van der Waals surface area contributed by atoms with Crippen molar-refractivity contribution in [2.45, 2.75) is 37.3 Å². The van der Waals surface area contributed by atoms with E-state index in [0.29, 0.717) is 12.0 Å². The second-order valence-corrected chi connectivity index (χ2v) is 6.82. The van der Waals surface area contributed by atoms with Crippen molar-refractivity contribution in [3.8, 4) is 0 Å². The minimum absolute atomic E-state index is 0.281. The van der Waals surface area contributed by atoms with Gasteiger partial charge in [-0.05, 0) is 54.8 Å². The van der Waals surface area contributed by atoms with Crippen LogP contribution in [0.25, 0.3) is 0 Å². The molecule has 0 bridgehead atoms. The lowest BCUT2D eigenvalue weighted by atomic mass is 9.71. The Balaban J connectivity index is 1.73. The molecule has 1 aliphatic heterocycles. The largest absolute Gasteiger partial charge is 0.320 e. The van der Waals surface area contributed by atoms with Gasteiger partial charge in [0, 0.05) is 6.04 Å². The molecule has 1 fully saturated rings. The van der Waals surface area contributed by atoms with Crippen LogP contribution in [0.1, 0.15) is 29.5 Å². The fourth-order valence-corrected chi connectivity index (χ4v) is 4.44. The average Bonchev–Trinajstić information content (AvgIpc) is 3.24. The first-order chi connectivity index (χ1) is 10.8. The second-order valence-electron chi connectivity index (χ2n) is 6.82. The fraction of sp³-hybridized carbons (Fsp3) is 0.400. The number of nitrogens with two attached hydrogens (primary N) is 1. The molecule has 0 spiro atoms. The SMILES string of the molecule is NC(c1ccccc1)(C1Cc2ccccc2C1)C1CCCN1. The summed E-state index contributed by atoms with van der Waals surface area (Å²) in [6.45, 7) is 1.09. The van der Waals surface area contributed by atoms with Crippen LogP contribution in [0.3, 0.4) is 0 Å². The van der Waals surface area contributed by atoms with Gasteiger partial charge in [-0.1, -0.05) is 54.6 Å². The van der Waals surface area contributed by atoms with Crippen LogP contribution in [0.2, 0.25) is 0 Å². The maximum absolute atomic E-state index is 7.15. The number of hydrogen-bond donors (Lipinski definition) is 2. The van der Waals surface area contributed by atoms with Gasteiger partial charge in [-0.25, -0.2) is 0 Å². The van der Waals surface area contributed by atoms with Crippen LogP contribution >= 0.6 is 0 Å². The van der Waals surface area contributed by atoms with E-state index in [4.69, 9.17) is 5.73 Å². The second kappa shape index (κ2) is 5.53. The van der Waals surface area contributed by atoms with Crippen LogP contribution in [0.4, 0.5) is 0 Å².